The molecule has 0 spiro atoms. The molecule has 3 aliphatic heterocycles. The molecule has 0 radical (unpaired) electrons. The van der Waals surface area contributed by atoms with Gasteiger partial charge in [0.25, 0.3) is 0 Å². The summed E-state index contributed by atoms with van der Waals surface area (Å²) >= 11 is 5.65. The fourth-order valence-electron chi connectivity index (χ4n) is 3.51. The van der Waals surface area contributed by atoms with Gasteiger partial charge in [-0.05, 0) is 6.42 Å². The van der Waals surface area contributed by atoms with Crippen molar-refractivity contribution in [1.82, 2.24) is 4.90 Å². The van der Waals surface area contributed by atoms with Gasteiger partial charge in [0.1, 0.15) is 0 Å². The zero-order valence-electron chi connectivity index (χ0n) is 7.61. The minimum absolute atomic E-state index is 0.0994. The average Bonchev–Trinajstić information content (AvgIpc) is 2.43. The molecule has 4 bridgehead atoms. The van der Waals surface area contributed by atoms with Crippen LogP contribution in [0, 0.1) is 5.92 Å². The van der Waals surface area contributed by atoms with Gasteiger partial charge < -0.3 is 0 Å². The average molecular weight is 266 g/mol. The Morgan fingerprint density at radius 1 is 1.06 bits per heavy atom. The van der Waals surface area contributed by atoms with Gasteiger partial charge in [0, 0.05) is 18.0 Å². The smallest absolute Gasteiger partial charge is 0.271 e. The molecule has 4 fully saturated rings. The number of halogens is 7. The molecule has 16 heavy (non-hydrogen) atoms. The van der Waals surface area contributed by atoms with Crippen molar-refractivity contribution in [3.63, 3.8) is 0 Å². The van der Waals surface area contributed by atoms with Crippen LogP contribution in [-0.4, -0.2) is 40.3 Å². The van der Waals surface area contributed by atoms with Gasteiger partial charge in [-0.1, -0.05) is 0 Å². The summed E-state index contributed by atoms with van der Waals surface area (Å²) in [6, 6.07) is -1.37. The van der Waals surface area contributed by atoms with Crippen LogP contribution in [-0.2, 0) is 0 Å². The number of hydrogen-bond acceptors (Lipinski definition) is 1. The van der Waals surface area contributed by atoms with Crippen LogP contribution in [0.15, 0.2) is 0 Å². The minimum Gasteiger partial charge on any atom is -0.271 e. The van der Waals surface area contributed by atoms with E-state index in [9.17, 15) is 26.3 Å². The molecule has 4 rings (SSSR count). The van der Waals surface area contributed by atoms with Crippen molar-refractivity contribution in [2.75, 3.05) is 0 Å². The van der Waals surface area contributed by atoms with Crippen LogP contribution in [0.25, 0.3) is 0 Å². The Morgan fingerprint density at radius 3 is 1.69 bits per heavy atom. The second-order valence-corrected chi connectivity index (χ2v) is 5.02. The monoisotopic (exact) mass is 265 g/mol. The minimum atomic E-state index is -5.32. The van der Waals surface area contributed by atoms with Crippen LogP contribution in [0.2, 0.25) is 0 Å². The second kappa shape index (κ2) is 2.48. The van der Waals surface area contributed by atoms with E-state index in [4.69, 9.17) is 11.6 Å². The van der Waals surface area contributed by atoms with Gasteiger partial charge in [0.05, 0.1) is 5.38 Å². The first-order chi connectivity index (χ1) is 7.14. The zero-order chi connectivity index (χ0) is 12.1. The molecule has 3 saturated heterocycles. The standard InChI is InChI=1S/C8H6ClF6N/c9-4-2-1-3-5(4)16(3)6(2,7(10,11)12)8(13,14)15/h2-5H,1H2/t2-,3-,4-,5+,16?/m1/s1. The Kier molecular flexibility index (Phi) is 1.70. The Hall–Kier alpha value is -0.170. The maximum atomic E-state index is 12.8. The molecule has 1 saturated carbocycles. The molecule has 1 unspecified atom stereocenters. The maximum absolute atomic E-state index is 12.8. The predicted molar refractivity (Wildman–Crippen MR) is 42.0 cm³/mol. The van der Waals surface area contributed by atoms with Gasteiger partial charge in [0.2, 0.25) is 5.54 Å². The van der Waals surface area contributed by atoms with Crippen LogP contribution in [0.1, 0.15) is 6.42 Å². The van der Waals surface area contributed by atoms with Crippen LogP contribution >= 0.6 is 11.6 Å². The normalized spacial score (nSPS) is 48.6. The third-order valence-electron chi connectivity index (χ3n) is 4.00. The zero-order valence-corrected chi connectivity index (χ0v) is 8.37. The van der Waals surface area contributed by atoms with E-state index in [-0.39, 0.29) is 6.42 Å². The number of piperidine rings is 3. The Morgan fingerprint density at radius 2 is 1.56 bits per heavy atom. The molecule has 0 amide bonds. The fourth-order valence-corrected chi connectivity index (χ4v) is 4.08. The van der Waals surface area contributed by atoms with Crippen molar-refractivity contribution < 1.29 is 26.3 Å². The lowest BCUT2D eigenvalue weighted by atomic mass is 9.85. The first-order valence-electron chi connectivity index (χ1n) is 4.70. The number of rotatable bonds is 0. The van der Waals surface area contributed by atoms with E-state index < -0.39 is 41.3 Å². The summed E-state index contributed by atoms with van der Waals surface area (Å²) in [6.45, 7) is 0. The first kappa shape index (κ1) is 11.0. The quantitative estimate of drug-likeness (QED) is 0.370. The van der Waals surface area contributed by atoms with Gasteiger partial charge in [0.15, 0.2) is 0 Å². The maximum Gasteiger partial charge on any atom is 0.416 e. The predicted octanol–water partition coefficient (Wildman–Crippen LogP) is 2.54. The molecule has 0 N–H and O–H groups in total. The summed E-state index contributed by atoms with van der Waals surface area (Å²) in [4.78, 5) is 0.509. The van der Waals surface area contributed by atoms with E-state index in [2.05, 4.69) is 0 Å². The van der Waals surface area contributed by atoms with Crippen molar-refractivity contribution in [2.45, 2.75) is 41.8 Å². The molecule has 92 valence electrons. The topological polar surface area (TPSA) is 3.01 Å². The molecule has 4 aliphatic rings. The molecule has 1 aliphatic carbocycles. The van der Waals surface area contributed by atoms with E-state index in [0.29, 0.717) is 4.90 Å². The third-order valence-corrected chi connectivity index (χ3v) is 4.56. The van der Waals surface area contributed by atoms with Crippen molar-refractivity contribution in [3.8, 4) is 0 Å². The lowest BCUT2D eigenvalue weighted by Crippen LogP contribution is -2.63. The van der Waals surface area contributed by atoms with Crippen molar-refractivity contribution in [3.05, 3.63) is 0 Å². The molecule has 0 aromatic carbocycles. The third kappa shape index (κ3) is 0.847. The van der Waals surface area contributed by atoms with Crippen LogP contribution in [0.4, 0.5) is 26.3 Å². The largest absolute Gasteiger partial charge is 0.416 e. The number of hydrogen-bond donors (Lipinski definition) is 0. The molecule has 1 nitrogen and oxygen atoms in total. The van der Waals surface area contributed by atoms with Gasteiger partial charge in [-0.15, -0.1) is 11.6 Å². The summed E-state index contributed by atoms with van der Waals surface area (Å²) in [5, 5.41) is -1.03. The van der Waals surface area contributed by atoms with E-state index in [0.717, 1.165) is 0 Å². The summed E-state index contributed by atoms with van der Waals surface area (Å²) in [5.41, 5.74) is -3.69. The highest BCUT2D eigenvalue weighted by Gasteiger charge is 2.93. The number of alkyl halides is 7. The van der Waals surface area contributed by atoms with Gasteiger partial charge in [-0.25, -0.2) is 0 Å². The van der Waals surface area contributed by atoms with Gasteiger partial charge >= 0.3 is 12.4 Å². The summed E-state index contributed by atoms with van der Waals surface area (Å²) in [6.07, 6.45) is -10.7. The molecule has 0 aromatic heterocycles. The summed E-state index contributed by atoms with van der Waals surface area (Å²) in [5.74, 6) is -1.55. The Labute approximate surface area is 91.3 Å². The highest BCUT2D eigenvalue weighted by molar-refractivity contribution is 6.22. The highest BCUT2D eigenvalue weighted by Crippen LogP contribution is 2.73. The van der Waals surface area contributed by atoms with E-state index >= 15 is 0 Å². The van der Waals surface area contributed by atoms with Gasteiger partial charge in [-0.2, -0.15) is 26.3 Å². The van der Waals surface area contributed by atoms with Crippen LogP contribution in [0.5, 0.6) is 0 Å². The molecule has 3 heterocycles. The van der Waals surface area contributed by atoms with E-state index in [1.54, 1.807) is 0 Å². The lowest BCUT2D eigenvalue weighted by molar-refractivity contribution is -0.328. The Balaban J connectivity index is 2.14. The van der Waals surface area contributed by atoms with E-state index in [1.165, 1.54) is 0 Å². The number of nitrogens with zero attached hydrogens (tertiary/aromatic N) is 1. The van der Waals surface area contributed by atoms with Crippen LogP contribution in [0.3, 0.4) is 0 Å². The molecule has 0 aromatic rings. The molecule has 8 heteroatoms. The van der Waals surface area contributed by atoms with E-state index in [1.807, 2.05) is 0 Å². The fraction of sp³-hybridized carbons (Fsp3) is 1.00. The van der Waals surface area contributed by atoms with Crippen molar-refractivity contribution in [2.24, 2.45) is 5.92 Å². The first-order valence-corrected chi connectivity index (χ1v) is 5.13. The summed E-state index contributed by atoms with van der Waals surface area (Å²) in [7, 11) is 0. The van der Waals surface area contributed by atoms with Crippen molar-refractivity contribution in [1.29, 1.82) is 0 Å². The molecule has 5 atom stereocenters. The molecular weight excluding hydrogens is 260 g/mol. The van der Waals surface area contributed by atoms with Crippen LogP contribution < -0.4 is 0 Å². The molecular formula is C8H6ClF6N. The second-order valence-electron chi connectivity index (χ2n) is 4.51. The lowest BCUT2D eigenvalue weighted by Gasteiger charge is -2.37. The van der Waals surface area contributed by atoms with Gasteiger partial charge in [-0.3, -0.25) is 4.90 Å². The SMILES string of the molecule is FC(F)(F)C1(C(F)(F)F)[C@@H]2C[C@@H]3[C@@H]([C@@H]2Cl)N31. The summed E-state index contributed by atoms with van der Waals surface area (Å²) < 4.78 is 76.9. The van der Waals surface area contributed by atoms with Crippen molar-refractivity contribution >= 4 is 11.6 Å². The highest BCUT2D eigenvalue weighted by atomic mass is 35.5. The Bertz CT molecular complexity index is 335.